The molecule has 2 nitrogen and oxygen atoms in total. The van der Waals surface area contributed by atoms with E-state index in [1.807, 2.05) is 0 Å². The Balaban J connectivity index is 2.26. The van der Waals surface area contributed by atoms with Gasteiger partial charge in [0.2, 0.25) is 0 Å². The van der Waals surface area contributed by atoms with Crippen LogP contribution in [0.2, 0.25) is 0 Å². The molecule has 0 aromatic rings. The first-order chi connectivity index (χ1) is 7.04. The summed E-state index contributed by atoms with van der Waals surface area (Å²) in [7, 11) is 0. The first-order valence-corrected chi connectivity index (χ1v) is 6.52. The van der Waals surface area contributed by atoms with Gasteiger partial charge in [0.1, 0.15) is 0 Å². The molecule has 1 saturated heterocycles. The van der Waals surface area contributed by atoms with Crippen LogP contribution in [0.4, 0.5) is 0 Å². The van der Waals surface area contributed by atoms with Gasteiger partial charge in [-0.2, -0.15) is 0 Å². The Morgan fingerprint density at radius 2 is 1.73 bits per heavy atom. The van der Waals surface area contributed by atoms with Gasteiger partial charge in [0, 0.05) is 31.7 Å². The minimum atomic E-state index is 0.657. The second-order valence-electron chi connectivity index (χ2n) is 5.48. The van der Waals surface area contributed by atoms with Crippen molar-refractivity contribution in [1.29, 1.82) is 0 Å². The summed E-state index contributed by atoms with van der Waals surface area (Å²) in [4.78, 5) is 2.63. The molecule has 15 heavy (non-hydrogen) atoms. The Morgan fingerprint density at radius 1 is 1.20 bits per heavy atom. The zero-order valence-electron chi connectivity index (χ0n) is 11.1. The second kappa shape index (κ2) is 5.86. The Morgan fingerprint density at radius 3 is 2.20 bits per heavy atom. The van der Waals surface area contributed by atoms with Gasteiger partial charge in [0.25, 0.3) is 0 Å². The fraction of sp³-hybridized carbons (Fsp3) is 1.00. The van der Waals surface area contributed by atoms with E-state index < -0.39 is 0 Å². The molecule has 0 saturated carbocycles. The van der Waals surface area contributed by atoms with Crippen LogP contribution in [0.5, 0.6) is 0 Å². The van der Waals surface area contributed by atoms with Crippen molar-refractivity contribution in [2.75, 3.05) is 19.6 Å². The van der Waals surface area contributed by atoms with Gasteiger partial charge in [-0.25, -0.2) is 0 Å². The summed E-state index contributed by atoms with van der Waals surface area (Å²) in [5, 5.41) is 3.60. The fourth-order valence-corrected chi connectivity index (χ4v) is 2.18. The molecular weight excluding hydrogens is 184 g/mol. The molecule has 1 fully saturated rings. The molecule has 1 N–H and O–H groups in total. The van der Waals surface area contributed by atoms with Crippen molar-refractivity contribution in [2.45, 2.75) is 53.1 Å². The van der Waals surface area contributed by atoms with Crippen LogP contribution in [0.15, 0.2) is 0 Å². The molecular formula is C13H28N2. The molecule has 4 unspecified atom stereocenters. The number of likely N-dealkylation sites (tertiary alicyclic amines) is 1. The average Bonchev–Trinajstić information content (AvgIpc) is 2.55. The third-order valence-corrected chi connectivity index (χ3v) is 4.01. The summed E-state index contributed by atoms with van der Waals surface area (Å²) < 4.78 is 0. The highest BCUT2D eigenvalue weighted by atomic mass is 15.2. The van der Waals surface area contributed by atoms with Crippen molar-refractivity contribution in [2.24, 2.45) is 11.8 Å². The first-order valence-electron chi connectivity index (χ1n) is 6.52. The molecule has 4 atom stereocenters. The fourth-order valence-electron chi connectivity index (χ4n) is 2.18. The van der Waals surface area contributed by atoms with Gasteiger partial charge >= 0.3 is 0 Å². The van der Waals surface area contributed by atoms with E-state index in [-0.39, 0.29) is 0 Å². The van der Waals surface area contributed by atoms with Gasteiger partial charge in [0.15, 0.2) is 0 Å². The molecule has 0 aliphatic carbocycles. The molecule has 1 aliphatic heterocycles. The maximum Gasteiger partial charge on any atom is 0.0192 e. The first kappa shape index (κ1) is 13.0. The highest BCUT2D eigenvalue weighted by Crippen LogP contribution is 2.23. The maximum atomic E-state index is 3.60. The van der Waals surface area contributed by atoms with E-state index in [0.717, 1.165) is 18.4 Å². The Hall–Kier alpha value is -0.0800. The van der Waals surface area contributed by atoms with Crippen LogP contribution in [0.25, 0.3) is 0 Å². The summed E-state index contributed by atoms with van der Waals surface area (Å²) in [5.74, 6) is 1.74. The smallest absolute Gasteiger partial charge is 0.0192 e. The minimum Gasteiger partial charge on any atom is -0.313 e. The van der Waals surface area contributed by atoms with Crippen molar-refractivity contribution in [3.8, 4) is 0 Å². The van der Waals surface area contributed by atoms with Gasteiger partial charge in [-0.1, -0.05) is 20.8 Å². The summed E-state index contributed by atoms with van der Waals surface area (Å²) >= 11 is 0. The number of hydrogen-bond acceptors (Lipinski definition) is 2. The number of nitrogens with one attached hydrogen (secondary N) is 1. The Bertz CT molecular complexity index is 171. The lowest BCUT2D eigenvalue weighted by atomic mass is 10.0. The van der Waals surface area contributed by atoms with Crippen molar-refractivity contribution in [1.82, 2.24) is 10.2 Å². The SMILES string of the molecule is CCC(C)NCC(C)N1CC(C)C(C)C1. The van der Waals surface area contributed by atoms with Gasteiger partial charge in [0.05, 0.1) is 0 Å². The van der Waals surface area contributed by atoms with E-state index in [4.69, 9.17) is 0 Å². The molecule has 0 spiro atoms. The van der Waals surface area contributed by atoms with Crippen LogP contribution in [0.3, 0.4) is 0 Å². The quantitative estimate of drug-likeness (QED) is 0.752. The van der Waals surface area contributed by atoms with E-state index in [1.54, 1.807) is 0 Å². The van der Waals surface area contributed by atoms with E-state index in [9.17, 15) is 0 Å². The normalized spacial score (nSPS) is 31.8. The Kier molecular flexibility index (Phi) is 5.07. The van der Waals surface area contributed by atoms with Crippen molar-refractivity contribution >= 4 is 0 Å². The van der Waals surface area contributed by atoms with Crippen LogP contribution in [-0.2, 0) is 0 Å². The molecule has 0 amide bonds. The van der Waals surface area contributed by atoms with Crippen molar-refractivity contribution in [3.05, 3.63) is 0 Å². The van der Waals surface area contributed by atoms with Crippen LogP contribution >= 0.6 is 0 Å². The summed E-state index contributed by atoms with van der Waals surface area (Å²) in [6.07, 6.45) is 1.22. The van der Waals surface area contributed by atoms with Gasteiger partial charge in [-0.05, 0) is 32.1 Å². The maximum absolute atomic E-state index is 3.60. The van der Waals surface area contributed by atoms with Crippen molar-refractivity contribution in [3.63, 3.8) is 0 Å². The molecule has 1 aliphatic rings. The molecule has 0 bridgehead atoms. The second-order valence-corrected chi connectivity index (χ2v) is 5.48. The molecule has 1 rings (SSSR count). The van der Waals surface area contributed by atoms with Crippen LogP contribution in [0, 0.1) is 11.8 Å². The van der Waals surface area contributed by atoms with E-state index in [2.05, 4.69) is 44.8 Å². The lowest BCUT2D eigenvalue weighted by Crippen LogP contribution is -2.41. The highest BCUT2D eigenvalue weighted by Gasteiger charge is 2.28. The van der Waals surface area contributed by atoms with Crippen LogP contribution < -0.4 is 5.32 Å². The summed E-state index contributed by atoms with van der Waals surface area (Å²) in [6, 6.07) is 1.34. The lowest BCUT2D eigenvalue weighted by molar-refractivity contribution is 0.236. The third kappa shape index (κ3) is 3.76. The standard InChI is InChI=1S/C13H28N2/c1-6-12(4)14-7-13(5)15-8-10(2)11(3)9-15/h10-14H,6-9H2,1-5H3. The average molecular weight is 212 g/mol. The largest absolute Gasteiger partial charge is 0.313 e. The third-order valence-electron chi connectivity index (χ3n) is 4.01. The van der Waals surface area contributed by atoms with Crippen LogP contribution in [0.1, 0.15) is 41.0 Å². The predicted octanol–water partition coefficient (Wildman–Crippen LogP) is 2.35. The van der Waals surface area contributed by atoms with Gasteiger partial charge < -0.3 is 5.32 Å². The predicted molar refractivity (Wildman–Crippen MR) is 67.1 cm³/mol. The monoisotopic (exact) mass is 212 g/mol. The zero-order valence-corrected chi connectivity index (χ0v) is 11.1. The molecule has 0 aromatic heterocycles. The van der Waals surface area contributed by atoms with E-state index in [1.165, 1.54) is 19.5 Å². The number of nitrogens with zero attached hydrogens (tertiary/aromatic N) is 1. The van der Waals surface area contributed by atoms with Gasteiger partial charge in [-0.3, -0.25) is 4.90 Å². The Labute approximate surface area is 95.4 Å². The highest BCUT2D eigenvalue weighted by molar-refractivity contribution is 4.83. The molecule has 0 radical (unpaired) electrons. The van der Waals surface area contributed by atoms with Crippen LogP contribution in [-0.4, -0.2) is 36.6 Å². The summed E-state index contributed by atoms with van der Waals surface area (Å²) in [5.41, 5.74) is 0. The van der Waals surface area contributed by atoms with Gasteiger partial charge in [-0.15, -0.1) is 0 Å². The van der Waals surface area contributed by atoms with Crippen molar-refractivity contribution < 1.29 is 0 Å². The number of rotatable bonds is 5. The zero-order chi connectivity index (χ0) is 11.4. The minimum absolute atomic E-state index is 0.657. The lowest BCUT2D eigenvalue weighted by Gasteiger charge is -2.26. The van der Waals surface area contributed by atoms with E-state index >= 15 is 0 Å². The molecule has 0 aromatic carbocycles. The van der Waals surface area contributed by atoms with E-state index in [0.29, 0.717) is 12.1 Å². The molecule has 90 valence electrons. The molecule has 1 heterocycles. The topological polar surface area (TPSA) is 15.3 Å². The summed E-state index contributed by atoms with van der Waals surface area (Å²) in [6.45, 7) is 15.3. The molecule has 2 heteroatoms. The number of hydrogen-bond donors (Lipinski definition) is 1.